The zero-order valence-corrected chi connectivity index (χ0v) is 17.0. The van der Waals surface area contributed by atoms with Gasteiger partial charge in [-0.2, -0.15) is 0 Å². The first kappa shape index (κ1) is 18.2. The number of rotatable bonds is 6. The Labute approximate surface area is 149 Å². The maximum atomic E-state index is 9.79. The quantitative estimate of drug-likeness (QED) is 0.680. The van der Waals surface area contributed by atoms with Gasteiger partial charge in [0.1, 0.15) is 18.5 Å². The van der Waals surface area contributed by atoms with E-state index in [1.165, 1.54) is 0 Å². The number of aromatic amines is 1. The van der Waals surface area contributed by atoms with E-state index in [9.17, 15) is 5.11 Å². The standard InChI is InChI=1S/C14H20N2O2.C4H4.In/c1-10(2)16-8-11(17)9-18-14-5-3-4-13-12(14)6-7-15-13;1-3-4-2;/h3-7,10-11,15-17H,8-9H2,1-2H3;1-4H;/t11-;;/m0../s1. The van der Waals surface area contributed by atoms with Crippen molar-refractivity contribution < 1.29 is 9.84 Å². The third-order valence-corrected chi connectivity index (χ3v) is 5.84. The Hall–Kier alpha value is -1.17. The van der Waals surface area contributed by atoms with Gasteiger partial charge in [-0.3, -0.25) is 0 Å². The SMILES string of the molecule is C1=[CH][In][CH]=C1.CC(C)NC[C@H](O)COc1cccc2[nH]ccc12. The maximum Gasteiger partial charge on any atom is 0.128 e. The summed E-state index contributed by atoms with van der Waals surface area (Å²) >= 11 is -0.170. The molecule has 0 saturated heterocycles. The second kappa shape index (κ2) is 9.85. The molecule has 23 heavy (non-hydrogen) atoms. The number of hydrogen-bond acceptors (Lipinski definition) is 3. The molecule has 4 nitrogen and oxygen atoms in total. The van der Waals surface area contributed by atoms with E-state index in [2.05, 4.69) is 30.1 Å². The largest absolute Gasteiger partial charge is 0.490 e. The van der Waals surface area contributed by atoms with Crippen molar-refractivity contribution in [1.82, 2.24) is 10.3 Å². The third kappa shape index (κ3) is 6.45. The molecule has 0 saturated carbocycles. The van der Waals surface area contributed by atoms with Crippen LogP contribution in [0.15, 0.2) is 50.3 Å². The van der Waals surface area contributed by atoms with E-state index in [1.807, 2.05) is 44.3 Å². The summed E-state index contributed by atoms with van der Waals surface area (Å²) < 4.78 is 10.3. The minimum atomic E-state index is -0.499. The zero-order chi connectivity index (χ0) is 16.5. The molecule has 2 heterocycles. The Morgan fingerprint density at radius 3 is 2.65 bits per heavy atom. The average molecular weight is 415 g/mol. The van der Waals surface area contributed by atoms with Crippen molar-refractivity contribution >= 4 is 33.8 Å². The topological polar surface area (TPSA) is 57.3 Å². The fourth-order valence-electron chi connectivity index (χ4n) is 2.12. The number of aliphatic hydroxyl groups is 1. The first-order chi connectivity index (χ1) is 11.2. The van der Waals surface area contributed by atoms with Gasteiger partial charge in [0.25, 0.3) is 0 Å². The predicted molar refractivity (Wildman–Crippen MR) is 97.0 cm³/mol. The summed E-state index contributed by atoms with van der Waals surface area (Å²) in [4.78, 5) is 3.13. The van der Waals surface area contributed by atoms with Crippen molar-refractivity contribution in [2.24, 2.45) is 0 Å². The third-order valence-electron chi connectivity index (χ3n) is 3.30. The number of nitrogens with one attached hydrogen (secondary N) is 2. The molecule has 3 rings (SSSR count). The summed E-state index contributed by atoms with van der Waals surface area (Å²) in [6.07, 6.45) is 5.66. The van der Waals surface area contributed by atoms with Crippen LogP contribution in [0.4, 0.5) is 0 Å². The summed E-state index contributed by atoms with van der Waals surface area (Å²) in [6.45, 7) is 4.94. The predicted octanol–water partition coefficient (Wildman–Crippen LogP) is 2.64. The summed E-state index contributed by atoms with van der Waals surface area (Å²) in [5, 5.41) is 14.0. The smallest absolute Gasteiger partial charge is 0.128 e. The fraction of sp³-hybridized carbons (Fsp3) is 0.333. The number of aliphatic hydroxyl groups excluding tert-OH is 1. The van der Waals surface area contributed by atoms with Crippen molar-refractivity contribution in [1.29, 1.82) is 0 Å². The van der Waals surface area contributed by atoms with Gasteiger partial charge < -0.3 is 20.1 Å². The van der Waals surface area contributed by atoms with Gasteiger partial charge in [-0.1, -0.05) is 19.9 Å². The van der Waals surface area contributed by atoms with E-state index in [4.69, 9.17) is 4.74 Å². The maximum absolute atomic E-state index is 9.79. The number of hydrogen-bond donors (Lipinski definition) is 3. The minimum Gasteiger partial charge on any atom is -0.490 e. The molecule has 0 amide bonds. The van der Waals surface area contributed by atoms with Crippen LogP contribution in [0, 0.1) is 0 Å². The van der Waals surface area contributed by atoms with Crippen molar-refractivity contribution in [3.05, 3.63) is 50.3 Å². The van der Waals surface area contributed by atoms with Crippen LogP contribution in [0.2, 0.25) is 0 Å². The summed E-state index contributed by atoms with van der Waals surface area (Å²) in [5.41, 5.74) is 1.04. The molecule has 0 fully saturated rings. The van der Waals surface area contributed by atoms with Gasteiger partial charge in [0.05, 0.1) is 0 Å². The molecule has 1 aromatic carbocycles. The molecule has 1 aliphatic rings. The van der Waals surface area contributed by atoms with E-state index >= 15 is 0 Å². The van der Waals surface area contributed by atoms with Gasteiger partial charge in [0.15, 0.2) is 0 Å². The van der Waals surface area contributed by atoms with Crippen LogP contribution in [-0.2, 0) is 0 Å². The Morgan fingerprint density at radius 2 is 2.00 bits per heavy atom. The van der Waals surface area contributed by atoms with Crippen molar-refractivity contribution in [3.8, 4) is 5.75 Å². The van der Waals surface area contributed by atoms with Crippen molar-refractivity contribution in [2.75, 3.05) is 13.2 Å². The first-order valence-electron chi connectivity index (χ1n) is 7.94. The molecule has 0 aliphatic carbocycles. The van der Waals surface area contributed by atoms with Crippen LogP contribution < -0.4 is 10.1 Å². The second-order valence-electron chi connectivity index (χ2n) is 5.69. The first-order valence-corrected chi connectivity index (χ1v) is 11.7. The summed E-state index contributed by atoms with van der Waals surface area (Å²) in [5.74, 6) is 0.803. The fourth-order valence-corrected chi connectivity index (χ4v) is 3.95. The molecule has 1 aliphatic heterocycles. The molecule has 1 aromatic heterocycles. The number of H-pyrrole nitrogens is 1. The van der Waals surface area contributed by atoms with Crippen LogP contribution in [0.3, 0.4) is 0 Å². The molecule has 2 aromatic rings. The Morgan fingerprint density at radius 1 is 1.22 bits per heavy atom. The molecule has 1 radical (unpaired) electrons. The van der Waals surface area contributed by atoms with Gasteiger partial charge >= 0.3 is 42.7 Å². The van der Waals surface area contributed by atoms with Gasteiger partial charge in [-0.05, 0) is 18.2 Å². The van der Waals surface area contributed by atoms with Gasteiger partial charge in [-0.25, -0.2) is 0 Å². The number of fused-ring (bicyclic) bond motifs is 1. The van der Waals surface area contributed by atoms with Crippen molar-refractivity contribution in [3.63, 3.8) is 0 Å². The van der Waals surface area contributed by atoms with Crippen LogP contribution in [0.25, 0.3) is 10.9 Å². The van der Waals surface area contributed by atoms with Crippen LogP contribution in [0.1, 0.15) is 13.8 Å². The molecular formula is C18H24InN2O2. The molecule has 0 spiro atoms. The Balaban J connectivity index is 0.000000326. The normalized spacial score (nSPS) is 13.7. The Kier molecular flexibility index (Phi) is 7.79. The molecule has 1 atom stereocenters. The molecule has 0 unspecified atom stereocenters. The number of allylic oxidation sites excluding steroid dienone is 2. The number of aromatic nitrogens is 1. The monoisotopic (exact) mass is 415 g/mol. The van der Waals surface area contributed by atoms with Crippen LogP contribution in [0.5, 0.6) is 5.75 Å². The molecular weight excluding hydrogens is 391 g/mol. The van der Waals surface area contributed by atoms with E-state index in [1.54, 1.807) is 0 Å². The number of benzene rings is 1. The summed E-state index contributed by atoms with van der Waals surface area (Å²) in [7, 11) is 0. The van der Waals surface area contributed by atoms with Gasteiger partial charge in [0, 0.05) is 29.7 Å². The van der Waals surface area contributed by atoms with Gasteiger partial charge in [0.2, 0.25) is 0 Å². The number of ether oxygens (including phenoxy) is 1. The Bertz CT molecular complexity index is 639. The zero-order valence-electron chi connectivity index (χ0n) is 13.7. The second-order valence-corrected chi connectivity index (χ2v) is 8.98. The van der Waals surface area contributed by atoms with E-state index < -0.39 is 6.10 Å². The molecule has 3 N–H and O–H groups in total. The van der Waals surface area contributed by atoms with E-state index in [0.717, 1.165) is 16.7 Å². The van der Waals surface area contributed by atoms with Crippen LogP contribution >= 0.6 is 0 Å². The molecule has 5 heteroatoms. The van der Waals surface area contributed by atoms with E-state index in [0.29, 0.717) is 19.2 Å². The van der Waals surface area contributed by atoms with Gasteiger partial charge in [-0.15, -0.1) is 0 Å². The molecule has 121 valence electrons. The van der Waals surface area contributed by atoms with Crippen molar-refractivity contribution in [2.45, 2.75) is 26.0 Å². The van der Waals surface area contributed by atoms with E-state index in [-0.39, 0.29) is 22.9 Å². The minimum absolute atomic E-state index is 0.170. The molecule has 0 bridgehead atoms. The average Bonchev–Trinajstić information content (AvgIpc) is 3.24. The van der Waals surface area contributed by atoms with Crippen LogP contribution in [-0.4, -0.2) is 58.3 Å². The summed E-state index contributed by atoms with van der Waals surface area (Å²) in [6, 6.07) is 8.20.